The van der Waals surface area contributed by atoms with E-state index in [9.17, 15) is 27.4 Å². The first-order chi connectivity index (χ1) is 22.5. The molecule has 1 aromatic carbocycles. The number of hydrogen-bond acceptors (Lipinski definition) is 14. The van der Waals surface area contributed by atoms with E-state index in [1.54, 1.807) is 0 Å². The molecule has 2 fully saturated rings. The normalized spacial score (nSPS) is 22.8. The van der Waals surface area contributed by atoms with Crippen LogP contribution in [0.5, 0.6) is 5.75 Å². The molecule has 0 saturated carbocycles. The SMILES string of the molecule is NCCCN=C(N)N1Cc2ccc(OCCO/N=C(\C(=O)NC3C(=O)N(S(=O)(=O)O)C3CN3CCOC3=O)C3=CSC(N)N3)cc2C1. The van der Waals surface area contributed by atoms with Crippen molar-refractivity contribution in [1.82, 2.24) is 24.7 Å². The molecule has 47 heavy (non-hydrogen) atoms. The summed E-state index contributed by atoms with van der Waals surface area (Å²) in [5, 5.41) is 10.8. The van der Waals surface area contributed by atoms with E-state index in [1.807, 2.05) is 23.1 Å². The molecule has 4 aliphatic heterocycles. The lowest BCUT2D eigenvalue weighted by Crippen LogP contribution is -2.74. The zero-order valence-corrected chi connectivity index (χ0v) is 26.7. The summed E-state index contributed by atoms with van der Waals surface area (Å²) < 4.78 is 44.1. The third-order valence-electron chi connectivity index (χ3n) is 7.52. The Bertz CT molecular complexity index is 1590. The number of β-lactam (4-membered cyclic amide) rings is 1. The number of nitrogens with two attached hydrogens (primary N) is 3. The number of benzene rings is 1. The highest BCUT2D eigenvalue weighted by Crippen LogP contribution is 2.28. The number of rotatable bonds is 14. The van der Waals surface area contributed by atoms with Crippen LogP contribution in [0.15, 0.2) is 39.5 Å². The number of thioether (sulfide) groups is 1. The van der Waals surface area contributed by atoms with Crippen LogP contribution in [0.25, 0.3) is 0 Å². The number of aliphatic imine (C=N–C) groups is 1. The van der Waals surface area contributed by atoms with Gasteiger partial charge in [0.15, 0.2) is 18.3 Å². The Hall–Kier alpha value is -4.31. The molecule has 4 aliphatic rings. The van der Waals surface area contributed by atoms with Gasteiger partial charge >= 0.3 is 16.4 Å². The number of hydrogen-bond donors (Lipinski definition) is 6. The van der Waals surface area contributed by atoms with Crippen LogP contribution in [0.4, 0.5) is 4.79 Å². The standard InChI is InChI=1S/C26H36N10O9S2/c27-4-1-5-30-24(28)35-11-15-2-3-17(10-16(15)12-35)43-8-9-45-33-20(18-14-46-25(29)31-18)22(37)32-21-19(13-34-6-7-44-26(34)39)36(23(21)38)47(40,41)42/h2-3,10,14,19,21,25,31H,1,4-9,11-13,27,29H2,(H2,28,30)(H,32,37)(H,40,41,42)/b33-20-. The summed E-state index contributed by atoms with van der Waals surface area (Å²) in [6, 6.07) is 2.98. The largest absolute Gasteiger partial charge is 0.490 e. The van der Waals surface area contributed by atoms with Crippen LogP contribution >= 0.6 is 11.8 Å². The minimum absolute atomic E-state index is 0.0637. The quantitative estimate of drug-likeness (QED) is 0.0301. The molecule has 256 valence electrons. The lowest BCUT2D eigenvalue weighted by Gasteiger charge is -2.45. The van der Waals surface area contributed by atoms with E-state index in [0.717, 1.165) is 22.4 Å². The van der Waals surface area contributed by atoms with E-state index < -0.39 is 45.8 Å². The first-order valence-electron chi connectivity index (χ1n) is 14.6. The third kappa shape index (κ3) is 7.99. The number of nitrogens with zero attached hydrogens (tertiary/aromatic N) is 5. The van der Waals surface area contributed by atoms with Crippen LogP contribution in [0, 0.1) is 0 Å². The fraction of sp³-hybridized carbons (Fsp3) is 0.500. The molecule has 5 rings (SSSR count). The third-order valence-corrected chi connectivity index (χ3v) is 9.25. The minimum Gasteiger partial charge on any atom is -0.490 e. The van der Waals surface area contributed by atoms with Crippen molar-refractivity contribution in [2.45, 2.75) is 37.1 Å². The van der Waals surface area contributed by atoms with Crippen LogP contribution in [0.2, 0.25) is 0 Å². The molecule has 3 atom stereocenters. The van der Waals surface area contributed by atoms with Gasteiger partial charge in [0.25, 0.3) is 11.8 Å². The zero-order valence-electron chi connectivity index (χ0n) is 25.1. The highest BCUT2D eigenvalue weighted by molar-refractivity contribution is 8.02. The Morgan fingerprint density at radius 2 is 2.02 bits per heavy atom. The summed E-state index contributed by atoms with van der Waals surface area (Å²) >= 11 is 1.17. The van der Waals surface area contributed by atoms with E-state index in [2.05, 4.69) is 20.8 Å². The van der Waals surface area contributed by atoms with Gasteiger partial charge in [-0.1, -0.05) is 23.0 Å². The van der Waals surface area contributed by atoms with Crippen LogP contribution in [-0.2, 0) is 42.6 Å². The van der Waals surface area contributed by atoms with Crippen molar-refractivity contribution in [3.05, 3.63) is 40.4 Å². The van der Waals surface area contributed by atoms with Gasteiger partial charge in [0.2, 0.25) is 0 Å². The Morgan fingerprint density at radius 1 is 1.23 bits per heavy atom. The smallest absolute Gasteiger partial charge is 0.410 e. The molecule has 1 aromatic rings. The molecule has 2 saturated heterocycles. The number of cyclic esters (lactones) is 1. The molecule has 0 aliphatic carbocycles. The van der Waals surface area contributed by atoms with Crippen LogP contribution in [0.1, 0.15) is 17.5 Å². The summed E-state index contributed by atoms with van der Waals surface area (Å²) in [5.74, 6) is -0.933. The fourth-order valence-electron chi connectivity index (χ4n) is 5.18. The van der Waals surface area contributed by atoms with E-state index in [4.69, 9.17) is 31.5 Å². The number of oxime groups is 1. The summed E-state index contributed by atoms with van der Waals surface area (Å²) in [5.41, 5.74) is 19.0. The van der Waals surface area contributed by atoms with Gasteiger partial charge in [-0.25, -0.2) is 9.10 Å². The molecular formula is C26H36N10O9S2. The average molecular weight is 697 g/mol. The number of ether oxygens (including phenoxy) is 2. The van der Waals surface area contributed by atoms with Gasteiger partial charge < -0.3 is 51.9 Å². The highest BCUT2D eigenvalue weighted by Gasteiger charge is 2.55. The second-order valence-corrected chi connectivity index (χ2v) is 13.0. The first-order valence-corrected chi connectivity index (χ1v) is 16.9. The van der Waals surface area contributed by atoms with Crippen LogP contribution in [0.3, 0.4) is 0 Å². The monoisotopic (exact) mass is 696 g/mol. The lowest BCUT2D eigenvalue weighted by atomic mass is 9.97. The zero-order chi connectivity index (χ0) is 33.7. The molecule has 0 spiro atoms. The molecule has 3 unspecified atom stereocenters. The lowest BCUT2D eigenvalue weighted by molar-refractivity contribution is -0.145. The minimum atomic E-state index is -4.97. The van der Waals surface area contributed by atoms with E-state index in [-0.39, 0.29) is 48.6 Å². The van der Waals surface area contributed by atoms with E-state index in [0.29, 0.717) is 37.9 Å². The number of carbonyl (C=O) groups is 3. The summed E-state index contributed by atoms with van der Waals surface area (Å²) in [7, 11) is -4.97. The van der Waals surface area contributed by atoms with Gasteiger partial charge in [-0.15, -0.1) is 0 Å². The average Bonchev–Trinajstić information content (AvgIpc) is 3.76. The highest BCUT2D eigenvalue weighted by atomic mass is 32.2. The first kappa shape index (κ1) is 34.0. The number of nitrogens with one attached hydrogen (secondary N) is 2. The molecular weight excluding hydrogens is 660 g/mol. The molecule has 0 bridgehead atoms. The molecule has 9 N–H and O–H groups in total. The molecule has 0 aromatic heterocycles. The van der Waals surface area contributed by atoms with Gasteiger partial charge in [-0.05, 0) is 36.2 Å². The van der Waals surface area contributed by atoms with Crippen molar-refractivity contribution in [3.8, 4) is 5.75 Å². The van der Waals surface area contributed by atoms with Crippen LogP contribution in [-0.4, -0.2) is 120 Å². The molecule has 0 radical (unpaired) electrons. The van der Waals surface area contributed by atoms with Gasteiger partial charge in [0.05, 0.1) is 18.3 Å². The maximum absolute atomic E-state index is 13.3. The Morgan fingerprint density at radius 3 is 2.70 bits per heavy atom. The van der Waals surface area contributed by atoms with Crippen molar-refractivity contribution in [2.24, 2.45) is 27.3 Å². The maximum Gasteiger partial charge on any atom is 0.410 e. The van der Waals surface area contributed by atoms with Crippen molar-refractivity contribution in [2.75, 3.05) is 46.0 Å². The van der Waals surface area contributed by atoms with Crippen molar-refractivity contribution in [1.29, 1.82) is 0 Å². The molecule has 4 heterocycles. The van der Waals surface area contributed by atoms with Gasteiger partial charge in [-0.3, -0.25) is 19.1 Å². The van der Waals surface area contributed by atoms with Crippen molar-refractivity contribution >= 4 is 51.6 Å². The molecule has 3 amide bonds. The predicted molar refractivity (Wildman–Crippen MR) is 169 cm³/mol. The summed E-state index contributed by atoms with van der Waals surface area (Å²) in [6.45, 7) is 2.24. The molecule has 21 heteroatoms. The van der Waals surface area contributed by atoms with E-state index >= 15 is 0 Å². The van der Waals surface area contributed by atoms with Crippen molar-refractivity contribution < 1.29 is 41.7 Å². The Balaban J connectivity index is 1.18. The Labute approximate surface area is 274 Å². The maximum atomic E-state index is 13.3. The van der Waals surface area contributed by atoms with Gasteiger partial charge in [0, 0.05) is 31.6 Å². The topological polar surface area (TPSA) is 270 Å². The van der Waals surface area contributed by atoms with Gasteiger partial charge in [0.1, 0.15) is 30.5 Å². The second kappa shape index (κ2) is 14.6. The predicted octanol–water partition coefficient (Wildman–Crippen LogP) is -2.21. The Kier molecular flexibility index (Phi) is 10.6. The van der Waals surface area contributed by atoms with Gasteiger partial charge in [-0.2, -0.15) is 8.42 Å². The number of guanidine groups is 1. The summed E-state index contributed by atoms with van der Waals surface area (Å²) in [6.07, 6.45) is 0.0384. The fourth-order valence-corrected chi connectivity index (χ4v) is 6.71. The number of fused-ring (bicyclic) bond motifs is 1. The molecule has 19 nitrogen and oxygen atoms in total. The number of carbonyl (C=O) groups excluding carboxylic acids is 3. The van der Waals surface area contributed by atoms with E-state index in [1.165, 1.54) is 17.2 Å². The van der Waals surface area contributed by atoms with Crippen LogP contribution < -0.4 is 32.6 Å². The number of amides is 3. The second-order valence-electron chi connectivity index (χ2n) is 10.7. The van der Waals surface area contributed by atoms with Crippen molar-refractivity contribution in [3.63, 3.8) is 0 Å². The summed E-state index contributed by atoms with van der Waals surface area (Å²) in [4.78, 5) is 50.8.